The number of nitrogens with zero attached hydrogens (tertiary/aromatic N) is 3. The minimum Gasteiger partial charge on any atom is -0.496 e. The van der Waals surface area contributed by atoms with E-state index >= 15 is 4.79 Å². The second-order valence-electron chi connectivity index (χ2n) is 18.6. The lowest BCUT2D eigenvalue weighted by Gasteiger charge is -2.63. The van der Waals surface area contributed by atoms with Crippen molar-refractivity contribution in [3.63, 3.8) is 0 Å². The normalized spacial score (nSPS) is 36.5. The van der Waals surface area contributed by atoms with E-state index in [1.54, 1.807) is 7.11 Å². The maximum absolute atomic E-state index is 15.5. The van der Waals surface area contributed by atoms with E-state index < -0.39 is 45.9 Å². The zero-order valence-corrected chi connectivity index (χ0v) is 36.5. The first-order valence-electron chi connectivity index (χ1n) is 22.1. The maximum Gasteiger partial charge on any atom is 0.344 e. The monoisotopic (exact) mass is 822 g/mol. The third-order valence-electron chi connectivity index (χ3n) is 16.4. The number of nitrogens with one attached hydrogen (secondary N) is 1. The molecule has 6 heterocycles. The summed E-state index contributed by atoms with van der Waals surface area (Å²) < 4.78 is 24.2. The summed E-state index contributed by atoms with van der Waals surface area (Å²) in [5, 5.41) is 14.5. The minimum absolute atomic E-state index is 0.165. The molecule has 3 aromatic rings. The number of esters is 3. The van der Waals surface area contributed by atoms with Crippen LogP contribution in [0.4, 0.5) is 5.69 Å². The molecule has 1 aliphatic carbocycles. The molecule has 2 aromatic carbocycles. The van der Waals surface area contributed by atoms with Crippen molar-refractivity contribution in [2.24, 2.45) is 23.2 Å². The molecule has 9 rings (SSSR count). The average Bonchev–Trinajstić information content (AvgIpc) is 3.92. The fourth-order valence-corrected chi connectivity index (χ4v) is 14.3. The second kappa shape index (κ2) is 14.6. The Kier molecular flexibility index (Phi) is 9.99. The number of rotatable bonds is 8. The van der Waals surface area contributed by atoms with Gasteiger partial charge in [0.2, 0.25) is 5.60 Å². The van der Waals surface area contributed by atoms with Crippen LogP contribution < -0.4 is 9.64 Å². The van der Waals surface area contributed by atoms with Crippen LogP contribution in [0.3, 0.4) is 0 Å². The van der Waals surface area contributed by atoms with Crippen LogP contribution in [-0.4, -0.2) is 123 Å². The van der Waals surface area contributed by atoms with E-state index in [0.29, 0.717) is 55.5 Å². The number of fused-ring (bicyclic) bond motifs is 6. The number of carbonyl (C=O) groups excluding carboxylic acids is 3. The summed E-state index contributed by atoms with van der Waals surface area (Å²) >= 11 is 0. The van der Waals surface area contributed by atoms with Gasteiger partial charge in [-0.2, -0.15) is 0 Å². The Labute approximate surface area is 353 Å². The highest BCUT2D eigenvalue weighted by molar-refractivity contribution is 5.95. The maximum atomic E-state index is 15.5. The van der Waals surface area contributed by atoms with Gasteiger partial charge in [-0.05, 0) is 73.2 Å². The Hall–Kier alpha value is -4.39. The molecule has 60 heavy (non-hydrogen) atoms. The van der Waals surface area contributed by atoms with Gasteiger partial charge in [0.1, 0.15) is 11.2 Å². The number of para-hydroxylation sites is 1. The molecular weight excluding hydrogens is 761 g/mol. The SMILES string of the molecule is CCC1CN2CCc3c([nH]c4ccccc34)[C@@](C(=O)OC)(c3cc4c(cc3OC)N(C)C3C45CCN4CC=CC(CC)(C45)C(OC(C)=O)[C@]3(O)C(=O)OC)CC(C2)[C@H]1CC. The molecule has 12 nitrogen and oxygen atoms in total. The fraction of sp³-hybridized carbons (Fsp3) is 0.604. The third-order valence-corrected chi connectivity index (χ3v) is 16.4. The predicted octanol–water partition coefficient (Wildman–Crippen LogP) is 5.51. The van der Waals surface area contributed by atoms with Gasteiger partial charge in [0.25, 0.3) is 0 Å². The highest BCUT2D eigenvalue weighted by Crippen LogP contribution is 2.68. The zero-order chi connectivity index (χ0) is 42.5. The number of piperidine rings is 1. The second-order valence-corrected chi connectivity index (χ2v) is 18.6. The van der Waals surface area contributed by atoms with Crippen molar-refractivity contribution in [3.05, 3.63) is 70.9 Å². The molecule has 1 saturated carbocycles. The van der Waals surface area contributed by atoms with Crippen molar-refractivity contribution < 1.29 is 38.4 Å². The molecule has 5 aliphatic heterocycles. The molecular formula is C48H62N4O8. The molecule has 8 unspecified atom stereocenters. The van der Waals surface area contributed by atoms with Crippen molar-refractivity contribution in [1.29, 1.82) is 0 Å². The van der Waals surface area contributed by atoms with Crippen LogP contribution in [0.2, 0.25) is 0 Å². The Morgan fingerprint density at radius 3 is 2.40 bits per heavy atom. The molecule has 2 saturated heterocycles. The van der Waals surface area contributed by atoms with Crippen LogP contribution >= 0.6 is 0 Å². The molecule has 11 atom stereocenters. The molecule has 0 amide bonds. The van der Waals surface area contributed by atoms with Crippen molar-refractivity contribution in [1.82, 2.24) is 14.8 Å². The van der Waals surface area contributed by atoms with Crippen LogP contribution in [0.1, 0.15) is 82.2 Å². The average molecular weight is 823 g/mol. The smallest absolute Gasteiger partial charge is 0.344 e. The number of carbonyl (C=O) groups is 3. The number of aromatic nitrogens is 1. The lowest BCUT2D eigenvalue weighted by atomic mass is 9.47. The summed E-state index contributed by atoms with van der Waals surface area (Å²) in [4.78, 5) is 53.9. The number of aromatic amines is 1. The Morgan fingerprint density at radius 1 is 0.950 bits per heavy atom. The largest absolute Gasteiger partial charge is 0.496 e. The van der Waals surface area contributed by atoms with E-state index in [9.17, 15) is 14.7 Å². The number of benzene rings is 2. The number of hydrogen-bond acceptors (Lipinski definition) is 11. The van der Waals surface area contributed by atoms with Gasteiger partial charge >= 0.3 is 17.9 Å². The lowest BCUT2D eigenvalue weighted by molar-refractivity contribution is -0.228. The molecule has 322 valence electrons. The highest BCUT2D eigenvalue weighted by Gasteiger charge is 2.80. The van der Waals surface area contributed by atoms with Crippen LogP contribution in [0.25, 0.3) is 10.9 Å². The molecule has 6 aliphatic rings. The molecule has 0 radical (unpaired) electrons. The standard InChI is InChI=1S/C48H62N4O8/c1-9-29-26-51-21-17-33-32-15-12-13-16-36(32)49-39(33)47(43(54)58-7,25-30(27-51)31(29)10-2)35-23-34-37(24-38(35)57-6)50(5)41-46(34)19-22-52-20-14-18-45(11-3,40(46)52)42(60-28(4)53)48(41,56)44(55)59-8/h12-16,18,23-24,29-31,40-42,49,56H,9-11,17,19-22,25-27H2,1-8H3/t29?,30?,31-,40?,41?,42?,45?,46?,47-,48-/m0/s1. The van der Waals surface area contributed by atoms with E-state index in [0.717, 1.165) is 72.3 Å². The number of H-pyrrole nitrogens is 1. The number of ether oxygens (including phenoxy) is 4. The summed E-state index contributed by atoms with van der Waals surface area (Å²) in [6.45, 7) is 12.1. The lowest BCUT2D eigenvalue weighted by Crippen LogP contribution is -2.81. The highest BCUT2D eigenvalue weighted by atomic mass is 16.6. The number of hydrogen-bond donors (Lipinski definition) is 2. The van der Waals surface area contributed by atoms with Gasteiger partial charge in [-0.25, -0.2) is 4.79 Å². The topological polar surface area (TPSA) is 134 Å². The summed E-state index contributed by atoms with van der Waals surface area (Å²) in [5.74, 6) is -0.213. The first kappa shape index (κ1) is 41.0. The Balaban J connectivity index is 1.37. The Bertz CT molecular complexity index is 2250. The van der Waals surface area contributed by atoms with Gasteiger partial charge < -0.3 is 38.8 Å². The van der Waals surface area contributed by atoms with Crippen LogP contribution in [0.15, 0.2) is 48.6 Å². The minimum atomic E-state index is -2.27. The fourth-order valence-electron chi connectivity index (χ4n) is 14.3. The summed E-state index contributed by atoms with van der Waals surface area (Å²) in [6, 6.07) is 11.3. The predicted molar refractivity (Wildman–Crippen MR) is 228 cm³/mol. The van der Waals surface area contributed by atoms with Crippen molar-refractivity contribution >= 4 is 34.5 Å². The van der Waals surface area contributed by atoms with E-state index in [1.807, 2.05) is 31.0 Å². The molecule has 3 fully saturated rings. The van der Waals surface area contributed by atoms with Gasteiger partial charge in [0.15, 0.2) is 6.10 Å². The van der Waals surface area contributed by atoms with Crippen LogP contribution in [0, 0.1) is 23.2 Å². The third kappa shape index (κ3) is 5.22. The first-order chi connectivity index (χ1) is 28.9. The summed E-state index contributed by atoms with van der Waals surface area (Å²) in [5.41, 5.74) is -0.0781. The first-order valence-corrected chi connectivity index (χ1v) is 22.1. The quantitative estimate of drug-likeness (QED) is 0.169. The Morgan fingerprint density at radius 2 is 1.72 bits per heavy atom. The van der Waals surface area contributed by atoms with Crippen molar-refractivity contribution in [2.75, 3.05) is 66.0 Å². The number of likely N-dealkylation sites (N-methyl/N-ethyl adjacent to an activating group) is 1. The van der Waals surface area contributed by atoms with E-state index in [-0.39, 0.29) is 17.9 Å². The zero-order valence-electron chi connectivity index (χ0n) is 36.5. The van der Waals surface area contributed by atoms with E-state index in [2.05, 4.69) is 65.0 Å². The summed E-state index contributed by atoms with van der Waals surface area (Å²) in [6.07, 6.45) is 7.34. The number of anilines is 1. The van der Waals surface area contributed by atoms with Crippen LogP contribution in [-0.2, 0) is 45.8 Å². The van der Waals surface area contributed by atoms with Gasteiger partial charge in [-0.15, -0.1) is 0 Å². The van der Waals surface area contributed by atoms with Crippen molar-refractivity contribution in [3.8, 4) is 5.75 Å². The van der Waals surface area contributed by atoms with E-state index in [4.69, 9.17) is 18.9 Å². The van der Waals surface area contributed by atoms with Gasteiger partial charge in [-0.1, -0.05) is 64.0 Å². The number of methoxy groups -OCH3 is 3. The van der Waals surface area contributed by atoms with Gasteiger partial charge in [0, 0.05) is 90.9 Å². The molecule has 1 aromatic heterocycles. The van der Waals surface area contributed by atoms with Crippen molar-refractivity contribution in [2.45, 2.75) is 101 Å². The van der Waals surface area contributed by atoms with Gasteiger partial charge in [0.05, 0.1) is 27.4 Å². The molecule has 2 N–H and O–H groups in total. The van der Waals surface area contributed by atoms with E-state index in [1.165, 1.54) is 21.1 Å². The molecule has 2 bridgehead atoms. The summed E-state index contributed by atoms with van der Waals surface area (Å²) in [7, 11) is 6.31. The molecule has 12 heteroatoms. The van der Waals surface area contributed by atoms with Crippen LogP contribution in [0.5, 0.6) is 5.75 Å². The number of aliphatic hydroxyl groups is 1. The van der Waals surface area contributed by atoms with Gasteiger partial charge in [-0.3, -0.25) is 14.5 Å². The molecule has 1 spiro atoms.